The van der Waals surface area contributed by atoms with E-state index in [1.165, 1.54) is 186 Å². The Morgan fingerprint density at radius 2 is 0.847 bits per heavy atom. The van der Waals surface area contributed by atoms with Gasteiger partial charge in [-0.3, -0.25) is 0 Å². The Kier molecular flexibility index (Phi) is 15.8. The summed E-state index contributed by atoms with van der Waals surface area (Å²) in [5.41, 5.74) is 18.1. The Hall–Kier alpha value is -3.20. The van der Waals surface area contributed by atoms with Crippen LogP contribution < -0.4 is 4.90 Å². The summed E-state index contributed by atoms with van der Waals surface area (Å²) in [6.07, 6.45) is 23.7. The van der Waals surface area contributed by atoms with E-state index in [4.69, 9.17) is 0 Å². The molecule has 2 aliphatic carbocycles. The zero-order valence-corrected chi connectivity index (χ0v) is 39.4. The van der Waals surface area contributed by atoms with Crippen molar-refractivity contribution in [1.29, 1.82) is 0 Å². The number of rotatable bonds is 25. The van der Waals surface area contributed by atoms with E-state index in [0.717, 1.165) is 4.48 Å². The summed E-state index contributed by atoms with van der Waals surface area (Å²) in [6.45, 7) is 18.8. The Morgan fingerprint density at radius 3 is 1.29 bits per heavy atom. The van der Waals surface area contributed by atoms with E-state index in [1.807, 2.05) is 0 Å². The molecule has 0 spiro atoms. The van der Waals surface area contributed by atoms with Gasteiger partial charge in [0.2, 0.25) is 0 Å². The van der Waals surface area contributed by atoms with Gasteiger partial charge in [0.05, 0.1) is 47.3 Å². The molecular formula is C57H84N2+2. The molecule has 0 radical (unpaired) electrons. The van der Waals surface area contributed by atoms with Crippen LogP contribution in [0.5, 0.6) is 0 Å². The number of hydrogen-bond donors (Lipinski definition) is 1. The van der Waals surface area contributed by atoms with Gasteiger partial charge in [0.25, 0.3) is 0 Å². The summed E-state index contributed by atoms with van der Waals surface area (Å²) >= 11 is 0. The summed E-state index contributed by atoms with van der Waals surface area (Å²) in [5, 5.41) is 0. The van der Waals surface area contributed by atoms with Crippen LogP contribution in [-0.4, -0.2) is 51.8 Å². The average Bonchev–Trinajstić information content (AvgIpc) is 3.65. The van der Waals surface area contributed by atoms with Gasteiger partial charge in [-0.1, -0.05) is 163 Å². The van der Waals surface area contributed by atoms with E-state index in [2.05, 4.69) is 135 Å². The molecular weight excluding hydrogens is 713 g/mol. The number of hydrogen-bond acceptors (Lipinski definition) is 0. The van der Waals surface area contributed by atoms with Crippen molar-refractivity contribution in [1.82, 2.24) is 0 Å². The first kappa shape index (κ1) is 45.3. The molecule has 2 unspecified atom stereocenters. The summed E-state index contributed by atoms with van der Waals surface area (Å²) in [6, 6.07) is 30.1. The molecule has 6 rings (SSSR count). The second kappa shape index (κ2) is 20.6. The van der Waals surface area contributed by atoms with Gasteiger partial charge < -0.3 is 9.38 Å². The largest absolute Gasteiger partial charge is 0.338 e. The summed E-state index contributed by atoms with van der Waals surface area (Å²) in [5.74, 6) is 0. The minimum atomic E-state index is 0.0399. The maximum atomic E-state index is 2.69. The number of nitrogens with zero attached hydrogens (tertiary/aromatic N) is 1. The third-order valence-electron chi connectivity index (χ3n) is 15.3. The zero-order valence-electron chi connectivity index (χ0n) is 39.4. The monoisotopic (exact) mass is 797 g/mol. The molecule has 2 nitrogen and oxygen atoms in total. The highest BCUT2D eigenvalue weighted by molar-refractivity contribution is 5.87. The minimum Gasteiger partial charge on any atom is -0.338 e. The molecule has 0 fully saturated rings. The molecule has 2 atom stereocenters. The zero-order chi connectivity index (χ0) is 42.0. The van der Waals surface area contributed by atoms with Gasteiger partial charge in [-0.2, -0.15) is 0 Å². The Morgan fingerprint density at radius 1 is 0.458 bits per heavy atom. The van der Waals surface area contributed by atoms with Gasteiger partial charge in [0.15, 0.2) is 0 Å². The highest BCUT2D eigenvalue weighted by atomic mass is 15.3. The third-order valence-corrected chi connectivity index (χ3v) is 15.3. The Bertz CT molecular complexity index is 1950. The third kappa shape index (κ3) is 10.1. The fraction of sp³-hybridized carbons (Fsp3) is 0.579. The van der Waals surface area contributed by atoms with Crippen LogP contribution in [0.2, 0.25) is 0 Å². The van der Waals surface area contributed by atoms with E-state index in [0.29, 0.717) is 0 Å². The maximum absolute atomic E-state index is 2.69. The van der Waals surface area contributed by atoms with Crippen molar-refractivity contribution < 1.29 is 9.38 Å². The van der Waals surface area contributed by atoms with Crippen molar-refractivity contribution in [2.75, 3.05) is 47.3 Å². The van der Waals surface area contributed by atoms with Crippen LogP contribution in [0.1, 0.15) is 177 Å². The standard InChI is InChI=1S/C57H83N2/c1-10-14-16-18-20-22-34-56(35-23-21-19-17-15-11-2)52-40-44(5)26-30-48(52)50-32-28-46(42-54(50)56)47-29-33-51-49-31-27-45(6)41-53(49)57(55(51)43-47,36-24-38-58(7)12-3)37-25-39-59(8,9)13-4/h26-33,40-43H,10-25,34-39H2,1-9H3/q+1/p+1. The Balaban J connectivity index is 1.43. The number of fused-ring (bicyclic) bond motifs is 6. The van der Waals surface area contributed by atoms with Crippen LogP contribution in [-0.2, 0) is 10.8 Å². The van der Waals surface area contributed by atoms with Crippen LogP contribution in [0.15, 0.2) is 72.8 Å². The van der Waals surface area contributed by atoms with Crippen LogP contribution in [0, 0.1) is 13.8 Å². The minimum absolute atomic E-state index is 0.0399. The molecule has 0 aromatic heterocycles. The molecule has 4 aromatic carbocycles. The van der Waals surface area contributed by atoms with Crippen LogP contribution in [0.3, 0.4) is 0 Å². The number of nitrogens with one attached hydrogen (secondary N) is 1. The van der Waals surface area contributed by atoms with Crippen molar-refractivity contribution >= 4 is 0 Å². The fourth-order valence-electron chi connectivity index (χ4n) is 11.2. The van der Waals surface area contributed by atoms with Gasteiger partial charge >= 0.3 is 0 Å². The van der Waals surface area contributed by atoms with Crippen LogP contribution >= 0.6 is 0 Å². The quantitative estimate of drug-likeness (QED) is 0.0503. The highest BCUT2D eigenvalue weighted by Gasteiger charge is 2.45. The van der Waals surface area contributed by atoms with E-state index in [9.17, 15) is 0 Å². The lowest BCUT2D eigenvalue weighted by Crippen LogP contribution is -3.08. The van der Waals surface area contributed by atoms with E-state index in [-0.39, 0.29) is 10.8 Å². The normalized spacial score (nSPS) is 16.8. The van der Waals surface area contributed by atoms with E-state index < -0.39 is 0 Å². The molecule has 0 saturated heterocycles. The van der Waals surface area contributed by atoms with Crippen molar-refractivity contribution in [3.05, 3.63) is 106 Å². The van der Waals surface area contributed by atoms with Gasteiger partial charge in [-0.15, -0.1) is 0 Å². The lowest BCUT2D eigenvalue weighted by Gasteiger charge is -2.35. The second-order valence-electron chi connectivity index (χ2n) is 20.1. The first-order valence-corrected chi connectivity index (χ1v) is 24.7. The molecule has 4 aromatic rings. The first-order chi connectivity index (χ1) is 28.5. The van der Waals surface area contributed by atoms with E-state index in [1.54, 1.807) is 27.2 Å². The second-order valence-corrected chi connectivity index (χ2v) is 20.1. The summed E-state index contributed by atoms with van der Waals surface area (Å²) in [4.78, 5) is 1.64. The van der Waals surface area contributed by atoms with Gasteiger partial charge in [0.1, 0.15) is 0 Å². The van der Waals surface area contributed by atoms with Crippen LogP contribution in [0.4, 0.5) is 0 Å². The van der Waals surface area contributed by atoms with Crippen molar-refractivity contribution in [3.63, 3.8) is 0 Å². The van der Waals surface area contributed by atoms with E-state index >= 15 is 0 Å². The molecule has 0 saturated carbocycles. The average molecular weight is 797 g/mol. The van der Waals surface area contributed by atoms with Crippen molar-refractivity contribution in [2.24, 2.45) is 0 Å². The SMILES string of the molecule is CCCCCCCCC1(CCCCCCCC)c2cc(C)ccc2-c2ccc(-c3ccc4c(c3)C(CCC[NH+](C)CC)(CCC[N+](C)(C)CC)c3cc(C)ccc3-4)cc21. The summed E-state index contributed by atoms with van der Waals surface area (Å²) in [7, 11) is 7.20. The lowest BCUT2D eigenvalue weighted by molar-refractivity contribution is -0.888. The van der Waals surface area contributed by atoms with Crippen molar-refractivity contribution in [2.45, 2.75) is 168 Å². The van der Waals surface area contributed by atoms with Crippen molar-refractivity contribution in [3.8, 4) is 33.4 Å². The summed E-state index contributed by atoms with van der Waals surface area (Å²) < 4.78 is 1.09. The van der Waals surface area contributed by atoms with Gasteiger partial charge in [-0.25, -0.2) is 0 Å². The predicted molar refractivity (Wildman–Crippen MR) is 258 cm³/mol. The molecule has 0 heterocycles. The predicted octanol–water partition coefficient (Wildman–Crippen LogP) is 14.2. The van der Waals surface area contributed by atoms with Gasteiger partial charge in [-0.05, 0) is 134 Å². The molecule has 2 aliphatic rings. The Labute approximate surface area is 362 Å². The maximum Gasteiger partial charge on any atom is 0.0782 e. The molecule has 1 N–H and O–H groups in total. The topological polar surface area (TPSA) is 4.44 Å². The molecule has 2 heteroatoms. The lowest BCUT2D eigenvalue weighted by atomic mass is 9.69. The number of benzene rings is 4. The molecule has 0 amide bonds. The molecule has 320 valence electrons. The number of quaternary nitrogens is 2. The van der Waals surface area contributed by atoms with Crippen LogP contribution in [0.25, 0.3) is 33.4 Å². The molecule has 0 bridgehead atoms. The fourth-order valence-corrected chi connectivity index (χ4v) is 11.2. The smallest absolute Gasteiger partial charge is 0.0782 e. The first-order valence-electron chi connectivity index (χ1n) is 24.7. The number of unbranched alkanes of at least 4 members (excludes halogenated alkanes) is 10. The highest BCUT2D eigenvalue weighted by Crippen LogP contribution is 2.57. The molecule has 0 aliphatic heterocycles. The number of aryl methyl sites for hydroxylation is 2. The van der Waals surface area contributed by atoms with Gasteiger partial charge in [0, 0.05) is 10.8 Å². The molecule has 59 heavy (non-hydrogen) atoms.